The standard InChI is InChI=1S/C33H33ClN8O5.C28H25ClN8O3.C22H21N7O2.C21H20N6O2/c1-33(2,3)47-32(46)41-12-10-40(11-13-41)31(45)20-6-4-8-24(15-20)37-27-18-26(36-25-9-5-7-23(34)17-25)38-29-22(19-35-42(27)29)14-21-16-28(43)39-30(21)44;29-20-4-2-6-22(14-20)32-23-15-24(33-21-5-1-3-17(12-21)28(40)36-9-7-30-8-10-36)37-26(34-23)19(16-31-37)11-18-13-25(38)35-27(18)39;1-12-8-14(22(31)25-12)9-15-11-24-29-19(27-17-6-7-17)10-18(28-21(15)29)26-16-4-2-13(3-5-16)20(23)30;1-12-8-13(21(29)23-12)9-14-11-22-27-19(24-15-6-7-15)10-18(26-20(14)27)25-16-4-2-3-5-17(16)28/h4-9,14-15,17-19,37H,10-13,16H2,1-3H3,(H,36,38)(H,39,43,44);1-6,11-12,14-16,30,33H,7-10,13H2,(H,32,34)(H,35,38,39);2-5,9-11,17,27H,1,6-8H2,(H2,23,30)(H,25,31)(H,26,28);2-5,9-11,15,24,28H,1,6-8H2,(H,23,29)(H,25,26)/b21-14+;18-11+;14-9+;13-9+. The highest BCUT2D eigenvalue weighted by Gasteiger charge is 2.34. The molecule has 14 heterocycles. The average Bonchev–Trinajstić information content (AvgIpc) is 1.65. The highest BCUT2D eigenvalue weighted by Crippen LogP contribution is 2.37. The second kappa shape index (κ2) is 42.2. The molecule has 8 aliphatic rings. The molecular formula is C104H99Cl2N29O12. The number of fused-ring (bicyclic) bond motifs is 4. The summed E-state index contributed by atoms with van der Waals surface area (Å²) in [6.07, 6.45) is 18.4. The third kappa shape index (κ3) is 23.8. The Bertz CT molecular complexity index is 7830. The number of aromatic hydroxyl groups is 1. The van der Waals surface area contributed by atoms with Gasteiger partial charge in [0.05, 0.1) is 43.3 Å². The number of carbonyl (C=O) groups is 10. The van der Waals surface area contributed by atoms with Crippen LogP contribution in [0.4, 0.5) is 85.5 Å². The molecule has 0 unspecified atom stereocenters. The number of benzene rings is 6. The van der Waals surface area contributed by atoms with Crippen molar-refractivity contribution >= 4 is 210 Å². The van der Waals surface area contributed by atoms with Crippen molar-refractivity contribution in [1.29, 1.82) is 0 Å². The first-order valence-corrected chi connectivity index (χ1v) is 48.0. The lowest BCUT2D eigenvalue weighted by molar-refractivity contribution is -0.125. The van der Waals surface area contributed by atoms with E-state index in [0.29, 0.717) is 216 Å². The summed E-state index contributed by atoms with van der Waals surface area (Å²) in [6, 6.07) is 50.8. The molecule has 8 aromatic heterocycles. The minimum Gasteiger partial charge on any atom is -0.506 e. The summed E-state index contributed by atoms with van der Waals surface area (Å²) in [5.41, 5.74) is 18.3. The van der Waals surface area contributed by atoms with E-state index in [1.165, 1.54) is 0 Å². The van der Waals surface area contributed by atoms with E-state index in [1.54, 1.807) is 180 Å². The third-order valence-corrected chi connectivity index (χ3v) is 24.6. The predicted molar refractivity (Wildman–Crippen MR) is 558 cm³/mol. The Balaban J connectivity index is 0.000000126. The van der Waals surface area contributed by atoms with Crippen molar-refractivity contribution in [1.82, 2.24) is 99.7 Å². The molecule has 41 nitrogen and oxygen atoms in total. The highest BCUT2D eigenvalue weighted by atomic mass is 35.5. The van der Waals surface area contributed by atoms with E-state index in [-0.39, 0.29) is 60.1 Å². The van der Waals surface area contributed by atoms with Gasteiger partial charge in [0.25, 0.3) is 35.4 Å². The molecule has 0 atom stereocenters. The number of phenolic OH excluding ortho intramolecular Hbond substituents is 1. The molecule has 6 saturated heterocycles. The van der Waals surface area contributed by atoms with Crippen LogP contribution in [-0.2, 0) is 33.5 Å². The second-order valence-electron chi connectivity index (χ2n) is 36.7. The van der Waals surface area contributed by atoms with E-state index in [0.717, 1.165) is 72.9 Å². The minimum atomic E-state index is -0.591. The molecule has 0 radical (unpaired) electrons. The molecule has 0 spiro atoms. The van der Waals surface area contributed by atoms with Crippen LogP contribution >= 0.6 is 23.2 Å². The number of nitrogens with one attached hydrogen (secondary N) is 13. The molecule has 6 aliphatic heterocycles. The van der Waals surface area contributed by atoms with Gasteiger partial charge in [-0.2, -0.15) is 38.5 Å². The largest absolute Gasteiger partial charge is 0.506 e. The smallest absolute Gasteiger partial charge is 0.410 e. The van der Waals surface area contributed by atoms with Crippen LogP contribution in [0.1, 0.15) is 125 Å². The highest BCUT2D eigenvalue weighted by molar-refractivity contribution is 6.31. The number of phenols is 1. The molecule has 14 aromatic rings. The molecule has 2 aliphatic carbocycles. The molecular weight excluding hydrogens is 1920 g/mol. The number of para-hydroxylation sites is 2. The quantitative estimate of drug-likeness (QED) is 0.0161. The summed E-state index contributed by atoms with van der Waals surface area (Å²) in [5, 5.41) is 69.0. The summed E-state index contributed by atoms with van der Waals surface area (Å²) < 4.78 is 12.1. The van der Waals surface area contributed by atoms with E-state index < -0.39 is 23.3 Å². The van der Waals surface area contributed by atoms with Crippen LogP contribution in [-0.4, -0.2) is 207 Å². The van der Waals surface area contributed by atoms with Gasteiger partial charge in [-0.25, -0.2) is 24.7 Å². The normalized spacial score (nSPS) is 16.7. The monoisotopic (exact) mass is 2020 g/mol. The number of primary amides is 1. The number of ether oxygens (including phenoxy) is 1. The number of allylic oxidation sites excluding steroid dienone is 2. The fourth-order valence-electron chi connectivity index (χ4n) is 16.7. The van der Waals surface area contributed by atoms with Crippen molar-refractivity contribution in [3.8, 4) is 5.75 Å². The minimum absolute atomic E-state index is 0.00433. The predicted octanol–water partition coefficient (Wildman–Crippen LogP) is 14.1. The Hall–Kier alpha value is -18.1. The van der Waals surface area contributed by atoms with Crippen molar-refractivity contribution < 1.29 is 57.8 Å². The Morgan fingerprint density at radius 3 is 1.16 bits per heavy atom. The van der Waals surface area contributed by atoms with Gasteiger partial charge >= 0.3 is 6.09 Å². The van der Waals surface area contributed by atoms with Gasteiger partial charge in [0, 0.05) is 213 Å². The molecule has 22 rings (SSSR count). The number of amides is 10. The zero-order chi connectivity index (χ0) is 102. The van der Waals surface area contributed by atoms with Crippen LogP contribution < -0.4 is 74.9 Å². The average molecular weight is 2020 g/mol. The van der Waals surface area contributed by atoms with Crippen LogP contribution in [0, 0.1) is 0 Å². The molecule has 43 heteroatoms. The molecule has 2 saturated carbocycles. The topological polar surface area (TPSA) is 513 Å². The summed E-state index contributed by atoms with van der Waals surface area (Å²) in [6.45, 7) is 17.5. The van der Waals surface area contributed by atoms with Gasteiger partial charge in [-0.3, -0.25) is 53.8 Å². The summed E-state index contributed by atoms with van der Waals surface area (Å²) in [7, 11) is 0. The Kier molecular flexibility index (Phi) is 28.0. The number of hydrogen-bond donors (Lipinski definition) is 15. The number of rotatable bonds is 23. The molecule has 147 heavy (non-hydrogen) atoms. The van der Waals surface area contributed by atoms with Crippen molar-refractivity contribution in [3.63, 3.8) is 0 Å². The van der Waals surface area contributed by atoms with Crippen molar-refractivity contribution in [2.24, 2.45) is 5.73 Å². The van der Waals surface area contributed by atoms with Crippen LogP contribution in [0.2, 0.25) is 10.0 Å². The number of halogens is 2. The maximum Gasteiger partial charge on any atom is 0.410 e. The number of imide groups is 2. The maximum absolute atomic E-state index is 13.5. The number of hydrogen-bond acceptors (Lipinski definition) is 29. The van der Waals surface area contributed by atoms with E-state index in [4.69, 9.17) is 48.6 Å². The van der Waals surface area contributed by atoms with E-state index in [1.807, 2.05) is 92.4 Å². The van der Waals surface area contributed by atoms with Gasteiger partial charge in [-0.05, 0) is 180 Å². The molecule has 8 fully saturated rings. The van der Waals surface area contributed by atoms with Gasteiger partial charge in [0.15, 0.2) is 22.6 Å². The number of piperazine rings is 2. The van der Waals surface area contributed by atoms with Gasteiger partial charge < -0.3 is 88.8 Å². The lowest BCUT2D eigenvalue weighted by atomic mass is 10.1. The fraction of sp³-hybridized carbons (Fsp3) is 0.212. The molecule has 746 valence electrons. The zero-order valence-electron chi connectivity index (χ0n) is 79.6. The zero-order valence-corrected chi connectivity index (χ0v) is 81.2. The Morgan fingerprint density at radius 2 is 0.782 bits per heavy atom. The lowest BCUT2D eigenvalue weighted by Crippen LogP contribution is -2.51. The van der Waals surface area contributed by atoms with Gasteiger partial charge in [-0.15, -0.1) is 0 Å². The first-order chi connectivity index (χ1) is 70.9. The first-order valence-electron chi connectivity index (χ1n) is 47.2. The summed E-state index contributed by atoms with van der Waals surface area (Å²) >= 11 is 12.4. The number of anilines is 14. The number of nitrogens with zero attached hydrogens (tertiary/aromatic N) is 15. The second-order valence-corrected chi connectivity index (χ2v) is 37.6. The lowest BCUT2D eigenvalue weighted by Gasteiger charge is -2.35. The molecule has 16 N–H and O–H groups in total. The number of nitrogens with two attached hydrogens (primary N) is 1. The van der Waals surface area contributed by atoms with Crippen LogP contribution in [0.3, 0.4) is 0 Å². The van der Waals surface area contributed by atoms with Crippen molar-refractivity contribution in [2.45, 2.75) is 89.8 Å². The molecule has 0 bridgehead atoms. The number of carbonyl (C=O) groups excluding carboxylic acids is 10. The van der Waals surface area contributed by atoms with E-state index >= 15 is 0 Å². The Morgan fingerprint density at radius 1 is 0.415 bits per heavy atom. The van der Waals surface area contributed by atoms with Crippen LogP contribution in [0.25, 0.3) is 46.9 Å². The van der Waals surface area contributed by atoms with E-state index in [2.05, 4.69) is 108 Å². The number of aromatic nitrogens is 12. The van der Waals surface area contributed by atoms with Gasteiger partial charge in [0.2, 0.25) is 17.7 Å². The van der Waals surface area contributed by atoms with Gasteiger partial charge in [0.1, 0.15) is 57.9 Å². The SMILES string of the molecule is C=C1C/C(=C\c2cnn3c(NC4CC4)cc(Nc4ccc(C(N)=O)cc4)nc23)C(=O)N1.C=C1C/C(=C\c2cnn3c(NC4CC4)cc(Nc4ccccc4O)nc23)C(=O)N1.CC(C)(C)OC(=O)N1CCN(C(=O)c2cccc(Nc3cc(Nc4cccc(Cl)c4)nc4c(/C=C5\CC(=O)NC5=O)cnn34)c2)CC1.O=C1C/C(=C\c2cnn3c(Nc4cccc(C(=O)N5CCNCC5)c4)cc(Nc4cccc(Cl)c4)nc23)C(=O)N1. The third-order valence-electron chi connectivity index (χ3n) is 24.1. The summed E-state index contributed by atoms with van der Waals surface area (Å²) in [4.78, 5) is 146. The van der Waals surface area contributed by atoms with Crippen LogP contribution in [0.5, 0.6) is 5.75 Å². The van der Waals surface area contributed by atoms with Crippen molar-refractivity contribution in [3.05, 3.63) is 290 Å². The molecule has 6 aromatic carbocycles. The Labute approximate surface area is 849 Å². The first kappa shape index (κ1) is 97.7. The fourth-order valence-corrected chi connectivity index (χ4v) is 17.1. The van der Waals surface area contributed by atoms with E-state index in [9.17, 15) is 53.1 Å². The van der Waals surface area contributed by atoms with Crippen LogP contribution in [0.15, 0.2) is 241 Å². The summed E-state index contributed by atoms with van der Waals surface area (Å²) in [5.74, 6) is 2.46. The van der Waals surface area contributed by atoms with Gasteiger partial charge in [-0.1, -0.05) is 72.8 Å². The molecule has 10 amide bonds. The maximum atomic E-state index is 13.5. The van der Waals surface area contributed by atoms with Crippen molar-refractivity contribution in [2.75, 3.05) is 94.9 Å².